The molecule has 4 nitrogen and oxygen atoms in total. The molecule has 0 fully saturated rings. The van der Waals surface area contributed by atoms with Gasteiger partial charge in [-0.05, 0) is 48.9 Å². The number of amides is 1. The molecule has 0 unspecified atom stereocenters. The summed E-state index contributed by atoms with van der Waals surface area (Å²) in [4.78, 5) is 14.2. The molecule has 1 aliphatic rings. The van der Waals surface area contributed by atoms with Crippen LogP contribution in [0.3, 0.4) is 0 Å². The summed E-state index contributed by atoms with van der Waals surface area (Å²) in [6, 6.07) is 16.8. The van der Waals surface area contributed by atoms with Crippen LogP contribution in [0.5, 0.6) is 0 Å². The van der Waals surface area contributed by atoms with Crippen molar-refractivity contribution in [2.45, 2.75) is 44.8 Å². The number of aromatic nitrogens is 2. The van der Waals surface area contributed by atoms with Crippen LogP contribution in [-0.4, -0.2) is 27.6 Å². The van der Waals surface area contributed by atoms with E-state index in [1.54, 1.807) is 36.2 Å². The number of benzene rings is 2. The van der Waals surface area contributed by atoms with Crippen LogP contribution in [-0.2, 0) is 36.8 Å². The molecular formula is C24H24F3N3O. The van der Waals surface area contributed by atoms with Crippen molar-refractivity contribution < 1.29 is 18.0 Å². The zero-order valence-electron chi connectivity index (χ0n) is 17.3. The van der Waals surface area contributed by atoms with Gasteiger partial charge in [-0.1, -0.05) is 42.5 Å². The molecule has 0 bridgehead atoms. The molecule has 162 valence electrons. The van der Waals surface area contributed by atoms with Crippen molar-refractivity contribution in [1.82, 2.24) is 14.7 Å². The first-order chi connectivity index (χ1) is 14.8. The van der Waals surface area contributed by atoms with Crippen molar-refractivity contribution in [1.29, 1.82) is 0 Å². The van der Waals surface area contributed by atoms with E-state index in [-0.39, 0.29) is 12.3 Å². The van der Waals surface area contributed by atoms with Crippen LogP contribution in [0, 0.1) is 0 Å². The predicted octanol–water partition coefficient (Wildman–Crippen LogP) is 4.97. The lowest BCUT2D eigenvalue weighted by Crippen LogP contribution is -2.27. The third-order valence-corrected chi connectivity index (χ3v) is 5.67. The fourth-order valence-electron chi connectivity index (χ4n) is 4.05. The van der Waals surface area contributed by atoms with E-state index >= 15 is 0 Å². The summed E-state index contributed by atoms with van der Waals surface area (Å²) in [6.45, 7) is 0.525. The normalized spacial score (nSPS) is 13.7. The second kappa shape index (κ2) is 8.57. The first-order valence-electron chi connectivity index (χ1n) is 10.4. The highest BCUT2D eigenvalue weighted by molar-refractivity contribution is 5.78. The molecule has 0 saturated heterocycles. The van der Waals surface area contributed by atoms with Crippen molar-refractivity contribution in [3.05, 3.63) is 82.7 Å². The van der Waals surface area contributed by atoms with Gasteiger partial charge in [0.1, 0.15) is 0 Å². The Kier molecular flexibility index (Phi) is 5.85. The number of likely N-dealkylation sites (N-methyl/N-ethyl adjacent to an activating group) is 1. The molecule has 0 N–H and O–H groups in total. The van der Waals surface area contributed by atoms with E-state index in [1.807, 2.05) is 30.3 Å². The van der Waals surface area contributed by atoms with Crippen molar-refractivity contribution in [2.75, 3.05) is 7.05 Å². The molecule has 31 heavy (non-hydrogen) atoms. The molecule has 1 amide bonds. The molecule has 0 saturated carbocycles. The molecule has 1 aliphatic carbocycles. The molecule has 7 heteroatoms. The van der Waals surface area contributed by atoms with Gasteiger partial charge in [-0.25, -0.2) is 4.68 Å². The molecule has 3 aromatic rings. The summed E-state index contributed by atoms with van der Waals surface area (Å²) in [7, 11) is 1.76. The van der Waals surface area contributed by atoms with Crippen LogP contribution in [0.15, 0.2) is 54.6 Å². The summed E-state index contributed by atoms with van der Waals surface area (Å²) in [5.74, 6) is -0.0209. The van der Waals surface area contributed by atoms with Crippen molar-refractivity contribution >= 4 is 5.91 Å². The first-order valence-corrected chi connectivity index (χ1v) is 10.4. The molecule has 1 aromatic heterocycles. The topological polar surface area (TPSA) is 38.1 Å². The fraction of sp³-hybridized carbons (Fsp3) is 0.333. The lowest BCUT2D eigenvalue weighted by molar-refractivity contribution is -0.142. The molecule has 0 radical (unpaired) electrons. The number of carbonyl (C=O) groups is 1. The molecular weight excluding hydrogens is 403 g/mol. The van der Waals surface area contributed by atoms with E-state index in [0.717, 1.165) is 24.0 Å². The molecule has 0 aliphatic heterocycles. The van der Waals surface area contributed by atoms with Gasteiger partial charge in [0.2, 0.25) is 5.91 Å². The molecule has 2 aromatic carbocycles. The minimum Gasteiger partial charge on any atom is -0.341 e. The van der Waals surface area contributed by atoms with Gasteiger partial charge in [0.05, 0.1) is 12.1 Å². The number of nitrogens with zero attached hydrogens (tertiary/aromatic N) is 3. The third-order valence-electron chi connectivity index (χ3n) is 5.67. The monoisotopic (exact) mass is 427 g/mol. The van der Waals surface area contributed by atoms with Gasteiger partial charge in [0, 0.05) is 24.8 Å². The summed E-state index contributed by atoms with van der Waals surface area (Å²) < 4.78 is 41.7. The molecule has 0 spiro atoms. The zero-order valence-corrected chi connectivity index (χ0v) is 17.3. The first kappa shape index (κ1) is 21.2. The highest BCUT2D eigenvalue weighted by Gasteiger charge is 2.39. The van der Waals surface area contributed by atoms with E-state index in [0.29, 0.717) is 36.3 Å². The third kappa shape index (κ3) is 4.65. The lowest BCUT2D eigenvalue weighted by Gasteiger charge is -2.17. The molecule has 0 atom stereocenters. The van der Waals surface area contributed by atoms with Crippen molar-refractivity contribution in [2.24, 2.45) is 0 Å². The highest BCUT2D eigenvalue weighted by Crippen LogP contribution is 2.36. The van der Waals surface area contributed by atoms with Gasteiger partial charge >= 0.3 is 6.18 Å². The standard InChI is InChI=1S/C24H24F3N3O/c1-29(16-18-7-3-2-4-8-18)22(31)15-17-11-13-19(14-12-17)30-21-10-6-5-9-20(21)23(28-30)24(25,26)27/h2-4,7-8,11-14H,5-6,9-10,15-16H2,1H3. The minimum absolute atomic E-state index is 0.0209. The summed E-state index contributed by atoms with van der Waals surface area (Å²) >= 11 is 0. The summed E-state index contributed by atoms with van der Waals surface area (Å²) in [5, 5.41) is 3.92. The average molecular weight is 427 g/mol. The molecule has 4 rings (SSSR count). The van der Waals surface area contributed by atoms with Crippen LogP contribution in [0.25, 0.3) is 5.69 Å². The van der Waals surface area contributed by atoms with Crippen LogP contribution < -0.4 is 0 Å². The van der Waals surface area contributed by atoms with Gasteiger partial charge in [-0.2, -0.15) is 18.3 Å². The number of hydrogen-bond acceptors (Lipinski definition) is 2. The number of alkyl halides is 3. The highest BCUT2D eigenvalue weighted by atomic mass is 19.4. The maximum Gasteiger partial charge on any atom is 0.435 e. The van der Waals surface area contributed by atoms with Crippen molar-refractivity contribution in [3.8, 4) is 5.69 Å². The van der Waals surface area contributed by atoms with Gasteiger partial charge in [-0.15, -0.1) is 0 Å². The number of carbonyl (C=O) groups excluding carboxylic acids is 1. The maximum absolute atomic E-state index is 13.4. The quantitative estimate of drug-likeness (QED) is 0.577. The van der Waals surface area contributed by atoms with E-state index in [9.17, 15) is 18.0 Å². The second-order valence-electron chi connectivity index (χ2n) is 7.97. The Labute approximate surface area is 179 Å². The Morgan fingerprint density at radius 3 is 2.35 bits per heavy atom. The van der Waals surface area contributed by atoms with Crippen LogP contribution in [0.2, 0.25) is 0 Å². The van der Waals surface area contributed by atoms with Gasteiger partial charge < -0.3 is 4.90 Å². The van der Waals surface area contributed by atoms with Crippen LogP contribution in [0.1, 0.15) is 40.9 Å². The van der Waals surface area contributed by atoms with Crippen LogP contribution in [0.4, 0.5) is 13.2 Å². The number of fused-ring (bicyclic) bond motifs is 1. The Morgan fingerprint density at radius 1 is 1.00 bits per heavy atom. The van der Waals surface area contributed by atoms with Crippen LogP contribution >= 0.6 is 0 Å². The Morgan fingerprint density at radius 2 is 1.68 bits per heavy atom. The minimum atomic E-state index is -4.46. The smallest absolute Gasteiger partial charge is 0.341 e. The lowest BCUT2D eigenvalue weighted by atomic mass is 9.95. The SMILES string of the molecule is CN(Cc1ccccc1)C(=O)Cc1ccc(-n2nc(C(F)(F)F)c3c2CCCC3)cc1. The van der Waals surface area contributed by atoms with Gasteiger partial charge in [0.15, 0.2) is 5.69 Å². The number of halogens is 3. The van der Waals surface area contributed by atoms with E-state index in [4.69, 9.17) is 0 Å². The van der Waals surface area contributed by atoms with Gasteiger partial charge in [0.25, 0.3) is 0 Å². The Bertz CT molecular complexity index is 1060. The van der Waals surface area contributed by atoms with Gasteiger partial charge in [-0.3, -0.25) is 4.79 Å². The maximum atomic E-state index is 13.4. The Balaban J connectivity index is 1.50. The Hall–Kier alpha value is -3.09. The summed E-state index contributed by atoms with van der Waals surface area (Å²) in [6.07, 6.45) is -1.62. The molecule has 1 heterocycles. The fourth-order valence-corrected chi connectivity index (χ4v) is 4.05. The summed E-state index contributed by atoms with van der Waals surface area (Å²) in [5.41, 5.74) is 2.64. The van der Waals surface area contributed by atoms with E-state index in [1.165, 1.54) is 4.68 Å². The number of hydrogen-bond donors (Lipinski definition) is 0. The van der Waals surface area contributed by atoms with E-state index < -0.39 is 11.9 Å². The second-order valence-corrected chi connectivity index (χ2v) is 7.97. The number of rotatable bonds is 5. The average Bonchev–Trinajstić information content (AvgIpc) is 3.15. The largest absolute Gasteiger partial charge is 0.435 e. The predicted molar refractivity (Wildman–Crippen MR) is 112 cm³/mol. The van der Waals surface area contributed by atoms with E-state index in [2.05, 4.69) is 5.10 Å². The zero-order chi connectivity index (χ0) is 22.0. The van der Waals surface area contributed by atoms with Crippen molar-refractivity contribution in [3.63, 3.8) is 0 Å².